The molecule has 0 fully saturated rings. The highest BCUT2D eigenvalue weighted by molar-refractivity contribution is 6.33. The summed E-state index contributed by atoms with van der Waals surface area (Å²) in [6.07, 6.45) is 0.649. The van der Waals surface area contributed by atoms with E-state index in [0.29, 0.717) is 36.2 Å². The Labute approximate surface area is 116 Å². The third kappa shape index (κ3) is 3.67. The van der Waals surface area contributed by atoms with Gasteiger partial charge in [-0.25, -0.2) is 0 Å². The summed E-state index contributed by atoms with van der Waals surface area (Å²) in [5.74, 6) is 0.491. The quantitative estimate of drug-likeness (QED) is 0.871. The van der Waals surface area contributed by atoms with E-state index in [1.54, 1.807) is 12.1 Å². The summed E-state index contributed by atoms with van der Waals surface area (Å²) in [5, 5.41) is 12.4. The molecule has 1 atom stereocenters. The van der Waals surface area contributed by atoms with Crippen LogP contribution in [-0.4, -0.2) is 30.3 Å². The molecule has 1 aromatic carbocycles. The SMILES string of the molecule is CC(CCC(=O)O)Nc1cc2c(cc1Cl)OCCO2. The Bertz CT molecular complexity index is 478. The molecular weight excluding hydrogens is 270 g/mol. The topological polar surface area (TPSA) is 67.8 Å². The Kier molecular flexibility index (Phi) is 4.37. The zero-order chi connectivity index (χ0) is 13.8. The van der Waals surface area contributed by atoms with Crippen LogP contribution < -0.4 is 14.8 Å². The lowest BCUT2D eigenvalue weighted by atomic mass is 10.1. The van der Waals surface area contributed by atoms with Gasteiger partial charge in [-0.1, -0.05) is 11.6 Å². The average Bonchev–Trinajstić information content (AvgIpc) is 2.37. The lowest BCUT2D eigenvalue weighted by Crippen LogP contribution is -2.18. The molecule has 19 heavy (non-hydrogen) atoms. The van der Waals surface area contributed by atoms with Crippen LogP contribution in [0.4, 0.5) is 5.69 Å². The highest BCUT2D eigenvalue weighted by Crippen LogP contribution is 2.38. The van der Waals surface area contributed by atoms with Crippen LogP contribution in [0, 0.1) is 0 Å². The minimum atomic E-state index is -0.804. The fourth-order valence-corrected chi connectivity index (χ4v) is 2.06. The third-order valence-electron chi connectivity index (χ3n) is 2.82. The molecule has 2 N–H and O–H groups in total. The Morgan fingerprint density at radius 3 is 2.68 bits per heavy atom. The molecule has 104 valence electrons. The van der Waals surface area contributed by atoms with Crippen molar-refractivity contribution in [2.75, 3.05) is 18.5 Å². The van der Waals surface area contributed by atoms with Crippen molar-refractivity contribution < 1.29 is 19.4 Å². The van der Waals surface area contributed by atoms with Crippen molar-refractivity contribution in [3.63, 3.8) is 0 Å². The van der Waals surface area contributed by atoms with Gasteiger partial charge in [0, 0.05) is 24.6 Å². The summed E-state index contributed by atoms with van der Waals surface area (Å²) in [4.78, 5) is 10.5. The molecule has 0 amide bonds. The van der Waals surface area contributed by atoms with E-state index < -0.39 is 5.97 Å². The van der Waals surface area contributed by atoms with Crippen LogP contribution in [0.2, 0.25) is 5.02 Å². The monoisotopic (exact) mass is 285 g/mol. The first-order chi connectivity index (χ1) is 9.06. The largest absolute Gasteiger partial charge is 0.486 e. The first-order valence-electron chi connectivity index (χ1n) is 6.13. The molecule has 5 nitrogen and oxygen atoms in total. The molecular formula is C13H16ClNO4. The number of fused-ring (bicyclic) bond motifs is 1. The normalized spacial score (nSPS) is 14.8. The molecule has 0 spiro atoms. The van der Waals surface area contributed by atoms with E-state index in [1.165, 1.54) is 0 Å². The first kappa shape index (κ1) is 13.8. The van der Waals surface area contributed by atoms with E-state index in [0.717, 1.165) is 5.69 Å². The number of aliphatic carboxylic acids is 1. The second kappa shape index (κ2) is 6.02. The summed E-state index contributed by atoms with van der Waals surface area (Å²) in [6, 6.07) is 3.51. The standard InChI is InChI=1S/C13H16ClNO4/c1-8(2-3-13(16)17)15-10-7-12-11(6-9(10)14)18-4-5-19-12/h6-8,15H,2-5H2,1H3,(H,16,17). The maximum Gasteiger partial charge on any atom is 0.303 e. The summed E-state index contributed by atoms with van der Waals surface area (Å²) in [5.41, 5.74) is 0.726. The maximum absolute atomic E-state index is 10.5. The average molecular weight is 286 g/mol. The zero-order valence-electron chi connectivity index (χ0n) is 10.6. The fraction of sp³-hybridized carbons (Fsp3) is 0.462. The fourth-order valence-electron chi connectivity index (χ4n) is 1.85. The predicted molar refractivity (Wildman–Crippen MR) is 72.4 cm³/mol. The van der Waals surface area contributed by atoms with E-state index in [2.05, 4.69) is 5.32 Å². The van der Waals surface area contributed by atoms with Gasteiger partial charge >= 0.3 is 5.97 Å². The number of hydrogen-bond acceptors (Lipinski definition) is 4. The Balaban J connectivity index is 2.05. The van der Waals surface area contributed by atoms with Crippen molar-refractivity contribution in [3.8, 4) is 11.5 Å². The Hall–Kier alpha value is -1.62. The van der Waals surface area contributed by atoms with Crippen LogP contribution in [0.15, 0.2) is 12.1 Å². The second-order valence-electron chi connectivity index (χ2n) is 4.45. The summed E-state index contributed by atoms with van der Waals surface area (Å²) < 4.78 is 10.9. The van der Waals surface area contributed by atoms with Gasteiger partial charge in [0.15, 0.2) is 11.5 Å². The van der Waals surface area contributed by atoms with Gasteiger partial charge in [-0.2, -0.15) is 0 Å². The highest BCUT2D eigenvalue weighted by atomic mass is 35.5. The van der Waals surface area contributed by atoms with Crippen LogP contribution in [-0.2, 0) is 4.79 Å². The molecule has 1 unspecified atom stereocenters. The lowest BCUT2D eigenvalue weighted by Gasteiger charge is -2.21. The zero-order valence-corrected chi connectivity index (χ0v) is 11.4. The van der Waals surface area contributed by atoms with E-state index in [9.17, 15) is 4.79 Å². The molecule has 0 radical (unpaired) electrons. The molecule has 0 saturated carbocycles. The van der Waals surface area contributed by atoms with Crippen LogP contribution in [0.5, 0.6) is 11.5 Å². The number of carboxylic acids is 1. The van der Waals surface area contributed by atoms with Crippen molar-refractivity contribution in [1.29, 1.82) is 0 Å². The van der Waals surface area contributed by atoms with Crippen LogP contribution in [0.25, 0.3) is 0 Å². The van der Waals surface area contributed by atoms with Gasteiger partial charge in [0.2, 0.25) is 0 Å². The molecule has 1 aliphatic rings. The summed E-state index contributed by atoms with van der Waals surface area (Å²) in [7, 11) is 0. The van der Waals surface area contributed by atoms with Crippen molar-refractivity contribution in [1.82, 2.24) is 0 Å². The molecule has 0 saturated heterocycles. The van der Waals surface area contributed by atoms with Crippen molar-refractivity contribution in [3.05, 3.63) is 17.2 Å². The minimum Gasteiger partial charge on any atom is -0.486 e. The van der Waals surface area contributed by atoms with Crippen molar-refractivity contribution in [2.24, 2.45) is 0 Å². The van der Waals surface area contributed by atoms with Crippen molar-refractivity contribution >= 4 is 23.3 Å². The molecule has 0 aliphatic carbocycles. The van der Waals surface area contributed by atoms with Gasteiger partial charge in [-0.15, -0.1) is 0 Å². The van der Waals surface area contributed by atoms with Gasteiger partial charge < -0.3 is 19.9 Å². The Morgan fingerprint density at radius 2 is 2.05 bits per heavy atom. The molecule has 0 aromatic heterocycles. The third-order valence-corrected chi connectivity index (χ3v) is 3.14. The van der Waals surface area contributed by atoms with Crippen molar-refractivity contribution in [2.45, 2.75) is 25.8 Å². The van der Waals surface area contributed by atoms with Gasteiger partial charge in [-0.05, 0) is 13.3 Å². The molecule has 6 heteroatoms. The molecule has 1 heterocycles. The molecule has 1 aromatic rings. The second-order valence-corrected chi connectivity index (χ2v) is 4.86. The number of carbonyl (C=O) groups is 1. The number of carboxylic acid groups (broad SMARTS) is 1. The van der Waals surface area contributed by atoms with Gasteiger partial charge in [0.05, 0.1) is 10.7 Å². The number of rotatable bonds is 5. The van der Waals surface area contributed by atoms with E-state index in [-0.39, 0.29) is 12.5 Å². The van der Waals surface area contributed by atoms with Gasteiger partial charge in [-0.3, -0.25) is 4.79 Å². The first-order valence-corrected chi connectivity index (χ1v) is 6.51. The van der Waals surface area contributed by atoms with E-state index >= 15 is 0 Å². The Morgan fingerprint density at radius 1 is 1.42 bits per heavy atom. The highest BCUT2D eigenvalue weighted by Gasteiger charge is 2.16. The summed E-state index contributed by atoms with van der Waals surface area (Å²) >= 11 is 6.15. The van der Waals surface area contributed by atoms with Crippen LogP contribution in [0.3, 0.4) is 0 Å². The van der Waals surface area contributed by atoms with E-state index in [1.807, 2.05) is 6.92 Å². The maximum atomic E-state index is 10.5. The smallest absolute Gasteiger partial charge is 0.303 e. The number of nitrogens with one attached hydrogen (secondary N) is 1. The van der Waals surface area contributed by atoms with Crippen LogP contribution in [0.1, 0.15) is 19.8 Å². The predicted octanol–water partition coefficient (Wildman–Crippen LogP) is 2.78. The molecule has 1 aliphatic heterocycles. The van der Waals surface area contributed by atoms with Crippen LogP contribution >= 0.6 is 11.6 Å². The molecule has 2 rings (SSSR count). The van der Waals surface area contributed by atoms with Gasteiger partial charge in [0.1, 0.15) is 13.2 Å². The minimum absolute atomic E-state index is 0.0103. The lowest BCUT2D eigenvalue weighted by molar-refractivity contribution is -0.137. The summed E-state index contributed by atoms with van der Waals surface area (Å²) in [6.45, 7) is 2.95. The number of hydrogen-bond donors (Lipinski definition) is 2. The van der Waals surface area contributed by atoms with Gasteiger partial charge in [0.25, 0.3) is 0 Å². The number of halogens is 1. The molecule has 0 bridgehead atoms. The number of anilines is 1. The number of ether oxygens (including phenoxy) is 2. The number of benzene rings is 1. The van der Waals surface area contributed by atoms with E-state index in [4.69, 9.17) is 26.2 Å².